The first-order valence-corrected chi connectivity index (χ1v) is 10.4. The number of aromatic nitrogens is 2. The molecule has 0 unspecified atom stereocenters. The number of piperidine rings is 1. The van der Waals surface area contributed by atoms with Gasteiger partial charge in [0.1, 0.15) is 0 Å². The van der Waals surface area contributed by atoms with E-state index in [0.29, 0.717) is 37.5 Å². The second-order valence-corrected chi connectivity index (χ2v) is 8.77. The Labute approximate surface area is 172 Å². The van der Waals surface area contributed by atoms with Crippen molar-refractivity contribution in [2.75, 3.05) is 6.54 Å². The highest BCUT2D eigenvalue weighted by molar-refractivity contribution is 7.16. The summed E-state index contributed by atoms with van der Waals surface area (Å²) in [6.07, 6.45) is 4.94. The molecule has 1 aliphatic rings. The van der Waals surface area contributed by atoms with Crippen molar-refractivity contribution in [3.63, 3.8) is 0 Å². The number of hydrogen-bond donors (Lipinski definition) is 1. The van der Waals surface area contributed by atoms with E-state index in [1.165, 1.54) is 4.88 Å². The molecule has 3 aromatic rings. The number of carbonyl (C=O) groups is 2. The van der Waals surface area contributed by atoms with Crippen LogP contribution in [-0.2, 0) is 22.7 Å². The van der Waals surface area contributed by atoms with E-state index >= 15 is 0 Å². The number of imidazole rings is 1. The second-order valence-electron chi connectivity index (χ2n) is 7.12. The van der Waals surface area contributed by atoms with Crippen LogP contribution in [0.1, 0.15) is 29.0 Å². The minimum Gasteiger partial charge on any atom is -0.350 e. The molecule has 0 aliphatic carbocycles. The average molecular weight is 417 g/mol. The normalized spacial score (nSPS) is 17.3. The van der Waals surface area contributed by atoms with Crippen LogP contribution in [0.3, 0.4) is 0 Å². The van der Waals surface area contributed by atoms with Gasteiger partial charge < -0.3 is 10.2 Å². The van der Waals surface area contributed by atoms with Gasteiger partial charge in [-0.05, 0) is 31.0 Å². The van der Waals surface area contributed by atoms with Crippen molar-refractivity contribution in [2.24, 2.45) is 5.92 Å². The van der Waals surface area contributed by atoms with Gasteiger partial charge in [-0.2, -0.15) is 0 Å². The van der Waals surface area contributed by atoms with Crippen molar-refractivity contribution < 1.29 is 9.59 Å². The number of aryl methyl sites for hydroxylation is 1. The van der Waals surface area contributed by atoms with Crippen LogP contribution in [0.15, 0.2) is 36.7 Å². The molecule has 2 amide bonds. The minimum atomic E-state index is -0.198. The van der Waals surface area contributed by atoms with Crippen LogP contribution in [0.25, 0.3) is 4.96 Å². The predicted molar refractivity (Wildman–Crippen MR) is 109 cm³/mol. The van der Waals surface area contributed by atoms with Crippen LogP contribution in [0, 0.1) is 12.8 Å². The molecule has 1 fully saturated rings. The summed E-state index contributed by atoms with van der Waals surface area (Å²) >= 11 is 7.54. The van der Waals surface area contributed by atoms with Gasteiger partial charge in [-0.15, -0.1) is 11.3 Å². The van der Waals surface area contributed by atoms with Crippen LogP contribution in [0.2, 0.25) is 5.02 Å². The van der Waals surface area contributed by atoms with Crippen LogP contribution < -0.4 is 5.32 Å². The largest absolute Gasteiger partial charge is 0.350 e. The van der Waals surface area contributed by atoms with Gasteiger partial charge in [-0.25, -0.2) is 4.98 Å². The Morgan fingerprint density at radius 1 is 1.32 bits per heavy atom. The molecule has 0 radical (unpaired) electrons. The zero-order valence-electron chi connectivity index (χ0n) is 15.5. The third kappa shape index (κ3) is 4.20. The maximum Gasteiger partial charge on any atom is 0.225 e. The number of amides is 2. The van der Waals surface area contributed by atoms with Gasteiger partial charge in [0.05, 0.1) is 18.2 Å². The van der Waals surface area contributed by atoms with Gasteiger partial charge in [-0.1, -0.05) is 23.7 Å². The summed E-state index contributed by atoms with van der Waals surface area (Å²) < 4.78 is 1.98. The Hall–Kier alpha value is -2.38. The summed E-state index contributed by atoms with van der Waals surface area (Å²) in [5.74, 6) is -0.138. The molecular weight excluding hydrogens is 396 g/mol. The average Bonchev–Trinajstić information content (AvgIpc) is 3.20. The highest BCUT2D eigenvalue weighted by atomic mass is 35.5. The van der Waals surface area contributed by atoms with Crippen molar-refractivity contribution >= 4 is 39.7 Å². The van der Waals surface area contributed by atoms with Crippen molar-refractivity contribution in [3.05, 3.63) is 57.8 Å². The Bertz CT molecular complexity index is 980. The molecule has 6 nitrogen and oxygen atoms in total. The van der Waals surface area contributed by atoms with E-state index in [1.54, 1.807) is 16.2 Å². The monoisotopic (exact) mass is 416 g/mol. The van der Waals surface area contributed by atoms with Crippen molar-refractivity contribution in [1.82, 2.24) is 19.6 Å². The van der Waals surface area contributed by atoms with E-state index in [9.17, 15) is 9.59 Å². The highest BCUT2D eigenvalue weighted by Gasteiger charge is 2.30. The summed E-state index contributed by atoms with van der Waals surface area (Å²) in [7, 11) is 0. The maximum atomic E-state index is 12.6. The fourth-order valence-corrected chi connectivity index (χ4v) is 4.41. The second kappa shape index (κ2) is 7.93. The first-order valence-electron chi connectivity index (χ1n) is 9.22. The SMILES string of the molecule is Cc1cn2cc(CNC(=O)[C@H]3CCC(=O)N(Cc4ccc(Cl)cc4)C3)nc2s1. The van der Waals surface area contributed by atoms with Crippen molar-refractivity contribution in [2.45, 2.75) is 32.9 Å². The molecule has 28 heavy (non-hydrogen) atoms. The van der Waals surface area contributed by atoms with Gasteiger partial charge in [0, 0.05) is 41.8 Å². The molecule has 1 N–H and O–H groups in total. The number of likely N-dealkylation sites (tertiary alicyclic amines) is 1. The molecule has 146 valence electrons. The standard InChI is InChI=1S/C20H21ClN4O2S/c1-13-9-25-12-17(23-20(25)28-13)8-22-19(27)15-4-7-18(26)24(11-15)10-14-2-5-16(21)6-3-14/h2-3,5-6,9,12,15H,4,7-8,10-11H2,1H3,(H,22,27)/t15-/m0/s1. The molecule has 2 aromatic heterocycles. The Morgan fingerprint density at radius 3 is 2.86 bits per heavy atom. The van der Waals surface area contributed by atoms with E-state index in [-0.39, 0.29) is 17.7 Å². The summed E-state index contributed by atoms with van der Waals surface area (Å²) in [6, 6.07) is 7.44. The van der Waals surface area contributed by atoms with Crippen LogP contribution >= 0.6 is 22.9 Å². The van der Waals surface area contributed by atoms with Gasteiger partial charge in [0.15, 0.2) is 4.96 Å². The maximum absolute atomic E-state index is 12.6. The molecular formula is C20H21ClN4O2S. The molecule has 1 saturated heterocycles. The molecule has 0 bridgehead atoms. The number of thiazole rings is 1. The molecule has 0 saturated carbocycles. The molecule has 3 heterocycles. The van der Waals surface area contributed by atoms with Crippen LogP contribution in [0.5, 0.6) is 0 Å². The molecule has 4 rings (SSSR count). The molecule has 0 spiro atoms. The van der Waals surface area contributed by atoms with Crippen molar-refractivity contribution in [1.29, 1.82) is 0 Å². The number of rotatable bonds is 5. The zero-order chi connectivity index (χ0) is 19.7. The molecule has 1 aliphatic heterocycles. The topological polar surface area (TPSA) is 66.7 Å². The predicted octanol–water partition coefficient (Wildman–Crippen LogP) is 3.41. The number of halogens is 1. The van der Waals surface area contributed by atoms with E-state index < -0.39 is 0 Å². The Kier molecular flexibility index (Phi) is 5.37. The number of nitrogens with zero attached hydrogens (tertiary/aromatic N) is 3. The lowest BCUT2D eigenvalue weighted by Crippen LogP contribution is -2.45. The third-order valence-electron chi connectivity index (χ3n) is 4.92. The van der Waals surface area contributed by atoms with Crippen LogP contribution in [0.4, 0.5) is 0 Å². The number of nitrogens with one attached hydrogen (secondary N) is 1. The minimum absolute atomic E-state index is 0.0267. The van der Waals surface area contributed by atoms with Gasteiger partial charge in [0.25, 0.3) is 0 Å². The Balaban J connectivity index is 1.34. The number of benzene rings is 1. The van der Waals surface area contributed by atoms with E-state index in [2.05, 4.69) is 10.3 Å². The lowest BCUT2D eigenvalue weighted by atomic mass is 9.96. The summed E-state index contributed by atoms with van der Waals surface area (Å²) in [4.78, 5) is 33.3. The van der Waals surface area contributed by atoms with Gasteiger partial charge in [0.2, 0.25) is 11.8 Å². The van der Waals surface area contributed by atoms with Gasteiger partial charge in [-0.3, -0.25) is 14.0 Å². The smallest absolute Gasteiger partial charge is 0.225 e. The fourth-order valence-electron chi connectivity index (χ4n) is 3.46. The highest BCUT2D eigenvalue weighted by Crippen LogP contribution is 2.21. The lowest BCUT2D eigenvalue weighted by molar-refractivity contribution is -0.139. The quantitative estimate of drug-likeness (QED) is 0.693. The van der Waals surface area contributed by atoms with Gasteiger partial charge >= 0.3 is 0 Å². The van der Waals surface area contributed by atoms with E-state index in [1.807, 2.05) is 48.0 Å². The third-order valence-corrected chi connectivity index (χ3v) is 6.09. The number of hydrogen-bond acceptors (Lipinski definition) is 4. The fraction of sp³-hybridized carbons (Fsp3) is 0.350. The number of fused-ring (bicyclic) bond motifs is 1. The van der Waals surface area contributed by atoms with E-state index in [0.717, 1.165) is 16.2 Å². The molecule has 1 atom stereocenters. The first-order chi connectivity index (χ1) is 13.5. The Morgan fingerprint density at radius 2 is 2.11 bits per heavy atom. The first kappa shape index (κ1) is 19.0. The summed E-state index contributed by atoms with van der Waals surface area (Å²) in [5.41, 5.74) is 1.84. The summed E-state index contributed by atoms with van der Waals surface area (Å²) in [6.45, 7) is 3.37. The van der Waals surface area contributed by atoms with E-state index in [4.69, 9.17) is 11.6 Å². The molecule has 8 heteroatoms. The zero-order valence-corrected chi connectivity index (χ0v) is 17.1. The van der Waals surface area contributed by atoms with Crippen molar-refractivity contribution in [3.8, 4) is 0 Å². The summed E-state index contributed by atoms with van der Waals surface area (Å²) in [5, 5.41) is 3.64. The molecule has 1 aromatic carbocycles. The lowest BCUT2D eigenvalue weighted by Gasteiger charge is -2.32. The van der Waals surface area contributed by atoms with Crippen LogP contribution in [-0.4, -0.2) is 32.6 Å². The number of carbonyl (C=O) groups excluding carboxylic acids is 2.